The van der Waals surface area contributed by atoms with Gasteiger partial charge >= 0.3 is 5.97 Å². The largest absolute Gasteiger partial charge is 0.496 e. The number of methoxy groups -OCH3 is 2. The summed E-state index contributed by atoms with van der Waals surface area (Å²) in [7, 11) is 2.87. The number of rotatable bonds is 4. The zero-order valence-electron chi connectivity index (χ0n) is 14.0. The van der Waals surface area contributed by atoms with E-state index in [4.69, 9.17) is 19.9 Å². The average molecular weight is 419 g/mol. The lowest BCUT2D eigenvalue weighted by atomic mass is 9.83. The Kier molecular flexibility index (Phi) is 4.86. The van der Waals surface area contributed by atoms with E-state index in [0.717, 1.165) is 10.0 Å². The minimum atomic E-state index is -0.538. The molecule has 0 saturated heterocycles. The number of H-pyrrole nitrogens is 1. The van der Waals surface area contributed by atoms with Crippen molar-refractivity contribution in [1.29, 1.82) is 5.26 Å². The Morgan fingerprint density at radius 1 is 1.50 bits per heavy atom. The fourth-order valence-corrected chi connectivity index (χ4v) is 3.41. The number of halogens is 1. The van der Waals surface area contributed by atoms with Gasteiger partial charge in [-0.15, -0.1) is 5.10 Å². The van der Waals surface area contributed by atoms with Crippen molar-refractivity contribution in [3.8, 4) is 17.7 Å². The van der Waals surface area contributed by atoms with E-state index < -0.39 is 11.9 Å². The van der Waals surface area contributed by atoms with Gasteiger partial charge in [-0.05, 0) is 33.6 Å². The lowest BCUT2D eigenvalue weighted by Gasteiger charge is -2.24. The number of nitrogens with two attached hydrogens (primary N) is 1. The molecule has 3 rings (SSSR count). The van der Waals surface area contributed by atoms with Gasteiger partial charge in [-0.3, -0.25) is 9.89 Å². The van der Waals surface area contributed by atoms with Crippen LogP contribution in [0.4, 0.5) is 0 Å². The highest BCUT2D eigenvalue weighted by atomic mass is 79.9. The molecular weight excluding hydrogens is 404 g/mol. The molecule has 134 valence electrons. The van der Waals surface area contributed by atoms with Crippen LogP contribution in [0.25, 0.3) is 0 Å². The first-order valence-electron chi connectivity index (χ1n) is 7.55. The number of carbonyl (C=O) groups excluding carboxylic acids is 1. The number of ether oxygens (including phenoxy) is 3. The quantitative estimate of drug-likeness (QED) is 0.728. The summed E-state index contributed by atoms with van der Waals surface area (Å²) in [5, 5.41) is 16.5. The Labute approximate surface area is 157 Å². The Morgan fingerprint density at radius 2 is 2.27 bits per heavy atom. The van der Waals surface area contributed by atoms with E-state index in [9.17, 15) is 10.1 Å². The Hall–Kier alpha value is -2.99. The van der Waals surface area contributed by atoms with E-state index in [0.29, 0.717) is 17.0 Å². The Bertz CT molecular complexity index is 945. The van der Waals surface area contributed by atoms with E-state index in [2.05, 4.69) is 32.2 Å². The number of hydrogen-bond acceptors (Lipinski definition) is 7. The lowest BCUT2D eigenvalue weighted by Crippen LogP contribution is -2.22. The summed E-state index contributed by atoms with van der Waals surface area (Å²) < 4.78 is 16.2. The SMILES string of the molecule is COC(=O)Cc1[nH]nc2c1[C@H](c1ccc(OC)c(Br)c1)C(C#N)=C(N)O2. The van der Waals surface area contributed by atoms with Crippen molar-refractivity contribution in [2.45, 2.75) is 12.3 Å². The number of benzene rings is 1. The number of nitrogens with one attached hydrogen (secondary N) is 1. The number of nitriles is 1. The summed E-state index contributed by atoms with van der Waals surface area (Å²) in [4.78, 5) is 11.7. The van der Waals surface area contributed by atoms with Crippen LogP contribution in [0.1, 0.15) is 22.7 Å². The zero-order chi connectivity index (χ0) is 18.8. The first-order chi connectivity index (χ1) is 12.5. The molecule has 0 bridgehead atoms. The number of aromatic amines is 1. The molecule has 1 aromatic carbocycles. The van der Waals surface area contributed by atoms with Crippen LogP contribution < -0.4 is 15.2 Å². The van der Waals surface area contributed by atoms with Gasteiger partial charge in [0.2, 0.25) is 11.8 Å². The standard InChI is InChI=1S/C17H15BrN4O4/c1-24-12-4-3-8(5-10(12)18)14-9(7-19)16(20)26-17-15(14)11(21-22-17)6-13(23)25-2/h3-5,14H,6,20H2,1-2H3,(H,21,22)/t14-/m1/s1. The van der Waals surface area contributed by atoms with Gasteiger partial charge in [0.05, 0.1) is 42.3 Å². The van der Waals surface area contributed by atoms with E-state index in [1.54, 1.807) is 13.2 Å². The number of nitrogens with zero attached hydrogens (tertiary/aromatic N) is 2. The summed E-state index contributed by atoms with van der Waals surface area (Å²) in [6, 6.07) is 7.53. The molecule has 0 radical (unpaired) electrons. The van der Waals surface area contributed by atoms with Gasteiger partial charge in [0.25, 0.3) is 0 Å². The van der Waals surface area contributed by atoms with Crippen molar-refractivity contribution in [3.63, 3.8) is 0 Å². The second-order valence-corrected chi connectivity index (χ2v) is 6.35. The van der Waals surface area contributed by atoms with Gasteiger partial charge in [-0.25, -0.2) is 0 Å². The highest BCUT2D eigenvalue weighted by Crippen LogP contribution is 2.44. The van der Waals surface area contributed by atoms with Crippen molar-refractivity contribution in [2.24, 2.45) is 5.73 Å². The van der Waals surface area contributed by atoms with Gasteiger partial charge in [0.15, 0.2) is 0 Å². The maximum atomic E-state index is 11.7. The van der Waals surface area contributed by atoms with Crippen LogP contribution in [-0.4, -0.2) is 30.4 Å². The van der Waals surface area contributed by atoms with Crippen molar-refractivity contribution in [1.82, 2.24) is 10.2 Å². The van der Waals surface area contributed by atoms with Crippen LogP contribution in [-0.2, 0) is 16.0 Å². The second kappa shape index (κ2) is 7.09. The zero-order valence-corrected chi connectivity index (χ0v) is 15.6. The molecule has 0 fully saturated rings. The molecule has 0 spiro atoms. The van der Waals surface area contributed by atoms with Crippen LogP contribution in [0.15, 0.2) is 34.1 Å². The molecular formula is C17H15BrN4O4. The molecule has 9 heteroatoms. The summed E-state index contributed by atoms with van der Waals surface area (Å²) in [6.07, 6.45) is -0.0331. The van der Waals surface area contributed by atoms with Gasteiger partial charge < -0.3 is 19.9 Å². The molecule has 2 heterocycles. The number of allylic oxidation sites excluding steroid dienone is 1. The summed E-state index contributed by atoms with van der Waals surface area (Å²) >= 11 is 3.45. The minimum absolute atomic E-state index is 0.0203. The summed E-state index contributed by atoms with van der Waals surface area (Å²) in [6.45, 7) is 0. The normalized spacial score (nSPS) is 15.7. The van der Waals surface area contributed by atoms with Crippen molar-refractivity contribution < 1.29 is 19.0 Å². The van der Waals surface area contributed by atoms with E-state index in [1.807, 2.05) is 12.1 Å². The summed E-state index contributed by atoms with van der Waals surface area (Å²) in [5.74, 6) is -0.111. The maximum Gasteiger partial charge on any atom is 0.311 e. The van der Waals surface area contributed by atoms with Crippen molar-refractivity contribution in [2.75, 3.05) is 14.2 Å². The maximum absolute atomic E-state index is 11.7. The minimum Gasteiger partial charge on any atom is -0.496 e. The molecule has 0 unspecified atom stereocenters. The average Bonchev–Trinajstić information content (AvgIpc) is 3.02. The number of esters is 1. The molecule has 26 heavy (non-hydrogen) atoms. The van der Waals surface area contributed by atoms with Gasteiger partial charge in [-0.1, -0.05) is 6.07 Å². The van der Waals surface area contributed by atoms with E-state index in [-0.39, 0.29) is 23.8 Å². The molecule has 1 aliphatic rings. The first kappa shape index (κ1) is 17.8. The fraction of sp³-hybridized carbons (Fsp3) is 0.235. The van der Waals surface area contributed by atoms with Crippen molar-refractivity contribution >= 4 is 21.9 Å². The third-order valence-electron chi connectivity index (χ3n) is 4.08. The predicted octanol–water partition coefficient (Wildman–Crippen LogP) is 2.11. The third-order valence-corrected chi connectivity index (χ3v) is 4.70. The van der Waals surface area contributed by atoms with Crippen LogP contribution in [0, 0.1) is 11.3 Å². The van der Waals surface area contributed by atoms with Crippen LogP contribution >= 0.6 is 15.9 Å². The Morgan fingerprint density at radius 3 is 2.88 bits per heavy atom. The molecule has 1 atom stereocenters. The van der Waals surface area contributed by atoms with Gasteiger partial charge in [0.1, 0.15) is 17.4 Å². The molecule has 1 aliphatic heterocycles. The highest BCUT2D eigenvalue weighted by molar-refractivity contribution is 9.10. The summed E-state index contributed by atoms with van der Waals surface area (Å²) in [5.41, 5.74) is 8.01. The van der Waals surface area contributed by atoms with Crippen molar-refractivity contribution in [3.05, 3.63) is 50.9 Å². The van der Waals surface area contributed by atoms with E-state index >= 15 is 0 Å². The molecule has 0 amide bonds. The fourth-order valence-electron chi connectivity index (χ4n) is 2.86. The van der Waals surface area contributed by atoms with E-state index in [1.165, 1.54) is 7.11 Å². The van der Waals surface area contributed by atoms with Crippen LogP contribution in [0.2, 0.25) is 0 Å². The predicted molar refractivity (Wildman–Crippen MR) is 94.3 cm³/mol. The molecule has 2 aromatic rings. The van der Waals surface area contributed by atoms with Crippen LogP contribution in [0.5, 0.6) is 11.6 Å². The number of carbonyl (C=O) groups is 1. The smallest absolute Gasteiger partial charge is 0.311 e. The highest BCUT2D eigenvalue weighted by Gasteiger charge is 2.35. The molecule has 0 aliphatic carbocycles. The number of aromatic nitrogens is 2. The third kappa shape index (κ3) is 2.99. The molecule has 1 aromatic heterocycles. The van der Waals surface area contributed by atoms with Gasteiger partial charge in [-0.2, -0.15) is 5.26 Å². The number of fused-ring (bicyclic) bond motifs is 1. The second-order valence-electron chi connectivity index (χ2n) is 5.49. The monoisotopic (exact) mass is 418 g/mol. The molecule has 0 saturated carbocycles. The Balaban J connectivity index is 2.16. The molecule has 8 nitrogen and oxygen atoms in total. The first-order valence-corrected chi connectivity index (χ1v) is 8.34. The lowest BCUT2D eigenvalue weighted by molar-refractivity contribution is -0.139. The van der Waals surface area contributed by atoms with Crippen LogP contribution in [0.3, 0.4) is 0 Å². The van der Waals surface area contributed by atoms with Gasteiger partial charge in [0, 0.05) is 0 Å². The number of hydrogen-bond donors (Lipinski definition) is 2. The molecule has 3 N–H and O–H groups in total. The topological polar surface area (TPSA) is 123 Å².